The zero-order valence-corrected chi connectivity index (χ0v) is 26.1. The van der Waals surface area contributed by atoms with Crippen molar-refractivity contribution in [1.29, 1.82) is 0 Å². The number of halogens is 2. The van der Waals surface area contributed by atoms with Gasteiger partial charge in [-0.05, 0) is 60.7 Å². The van der Waals surface area contributed by atoms with Crippen LogP contribution in [0.4, 0.5) is 17.1 Å². The molecule has 0 heterocycles. The number of nitrogens with zero attached hydrogens (tertiary/aromatic N) is 2. The van der Waals surface area contributed by atoms with Gasteiger partial charge in [0.2, 0.25) is 0 Å². The van der Waals surface area contributed by atoms with Gasteiger partial charge in [-0.2, -0.15) is 18.6 Å². The topological polar surface area (TPSA) is 140 Å². The van der Waals surface area contributed by atoms with Crippen molar-refractivity contribution in [1.82, 2.24) is 0 Å². The van der Waals surface area contributed by atoms with Gasteiger partial charge in [0, 0.05) is 21.7 Å². The molecule has 202 valence electrons. The predicted octanol–water partition coefficient (Wildman–Crippen LogP) is 4.10. The van der Waals surface area contributed by atoms with E-state index in [2.05, 4.69) is 15.5 Å². The van der Waals surface area contributed by atoms with Crippen molar-refractivity contribution < 1.29 is 57.2 Å². The smallest absolute Gasteiger partial charge is 0.870 e. The first-order valence-electron chi connectivity index (χ1n) is 11.7. The van der Waals surface area contributed by atoms with Crippen LogP contribution in [0.5, 0.6) is 11.5 Å². The molecule has 0 aliphatic carbocycles. The predicted molar refractivity (Wildman–Crippen MR) is 149 cm³/mol. The van der Waals surface area contributed by atoms with Gasteiger partial charge in [0.05, 0.1) is 23.0 Å². The van der Waals surface area contributed by atoms with Crippen molar-refractivity contribution >= 4 is 67.1 Å². The van der Waals surface area contributed by atoms with Crippen LogP contribution in [-0.4, -0.2) is 25.5 Å². The van der Waals surface area contributed by atoms with Crippen molar-refractivity contribution in [3.8, 4) is 11.5 Å². The van der Waals surface area contributed by atoms with E-state index >= 15 is 0 Å². The zero-order chi connectivity index (χ0) is 28.3. The van der Waals surface area contributed by atoms with E-state index in [0.29, 0.717) is 33.8 Å². The Morgan fingerprint density at radius 2 is 1.75 bits per heavy atom. The fourth-order valence-electron chi connectivity index (χ4n) is 3.96. The number of amides is 1. The van der Waals surface area contributed by atoms with Crippen LogP contribution in [0.2, 0.25) is 10.0 Å². The van der Waals surface area contributed by atoms with Crippen LogP contribution in [0.3, 0.4) is 0 Å². The van der Waals surface area contributed by atoms with E-state index in [0.717, 1.165) is 6.07 Å². The monoisotopic (exact) mass is 609 g/mol. The molecule has 4 aromatic carbocycles. The van der Waals surface area contributed by atoms with Gasteiger partial charge in [0.15, 0.2) is 0 Å². The third kappa shape index (κ3) is 6.95. The van der Waals surface area contributed by atoms with Crippen LogP contribution in [0.15, 0.2) is 75.8 Å². The second kappa shape index (κ2) is 13.3. The second-order valence-electron chi connectivity index (χ2n) is 8.29. The van der Waals surface area contributed by atoms with Crippen LogP contribution in [0.25, 0.3) is 10.8 Å². The molecule has 0 atom stereocenters. The molecule has 0 radical (unpaired) electrons. The fourth-order valence-corrected chi connectivity index (χ4v) is 5.44. The SMILES string of the molecule is CCOc1ccc(NC(=O)c2cc3ccccc3c(N=Nc3cc(Cl)c(CC)c(S(=O)(=O)O)c3)c2[O-])cc1Cl.[Na+]. The number of benzene rings is 4. The van der Waals surface area contributed by atoms with Crippen LogP contribution >= 0.6 is 23.2 Å². The molecule has 0 aromatic heterocycles. The molecule has 2 N–H and O–H groups in total. The van der Waals surface area contributed by atoms with Gasteiger partial charge in [-0.3, -0.25) is 9.35 Å². The number of hydrogen-bond donors (Lipinski definition) is 2. The summed E-state index contributed by atoms with van der Waals surface area (Å²) in [6.07, 6.45) is 0.247. The molecule has 0 spiro atoms. The summed E-state index contributed by atoms with van der Waals surface area (Å²) in [7, 11) is -4.59. The van der Waals surface area contributed by atoms with E-state index in [9.17, 15) is 22.9 Å². The molecule has 0 saturated heterocycles. The van der Waals surface area contributed by atoms with Crippen LogP contribution in [0, 0.1) is 0 Å². The maximum atomic E-state index is 13.4. The largest absolute Gasteiger partial charge is 1.00 e. The quantitative estimate of drug-likeness (QED) is 0.175. The van der Waals surface area contributed by atoms with Gasteiger partial charge < -0.3 is 15.2 Å². The van der Waals surface area contributed by atoms with Gasteiger partial charge in [0.25, 0.3) is 16.0 Å². The Balaban J connectivity index is 0.00000441. The first kappa shape index (κ1) is 31.8. The average molecular weight is 610 g/mol. The number of carbonyl (C=O) groups is 1. The fraction of sp³-hybridized carbons (Fsp3) is 0.148. The van der Waals surface area contributed by atoms with Crippen molar-refractivity contribution in [3.63, 3.8) is 0 Å². The Kier molecular flexibility index (Phi) is 10.6. The molecule has 0 unspecified atom stereocenters. The van der Waals surface area contributed by atoms with E-state index in [1.807, 2.05) is 6.92 Å². The number of fused-ring (bicyclic) bond motifs is 1. The van der Waals surface area contributed by atoms with Gasteiger partial charge in [-0.1, -0.05) is 60.1 Å². The minimum atomic E-state index is -4.59. The summed E-state index contributed by atoms with van der Waals surface area (Å²) in [6, 6.07) is 15.4. The normalized spacial score (nSPS) is 11.4. The molecule has 0 fully saturated rings. The number of ether oxygens (including phenoxy) is 1. The Hall–Kier alpha value is -2.70. The van der Waals surface area contributed by atoms with E-state index in [4.69, 9.17) is 27.9 Å². The summed E-state index contributed by atoms with van der Waals surface area (Å²) in [5.41, 5.74) is 0.249. The molecular formula is C27H22Cl2N3NaO6S. The molecule has 4 rings (SSSR count). The van der Waals surface area contributed by atoms with Gasteiger partial charge >= 0.3 is 29.6 Å². The van der Waals surface area contributed by atoms with E-state index in [1.54, 1.807) is 43.3 Å². The standard InChI is InChI=1S/C27H23Cl2N3O6S.Na/c1-3-18-21(28)13-17(14-24(18)39(35,36)37)31-32-25-19-8-6-5-7-15(19)11-20(26(25)33)27(34)30-16-9-10-23(38-4-2)22(29)12-16;/h5-14,33H,3-4H2,1-2H3,(H,30,34)(H,35,36,37);/q;+1/p-1. The Bertz CT molecular complexity index is 1730. The third-order valence-electron chi connectivity index (χ3n) is 5.75. The van der Waals surface area contributed by atoms with Crippen molar-refractivity contribution in [2.75, 3.05) is 11.9 Å². The van der Waals surface area contributed by atoms with Gasteiger partial charge in [0.1, 0.15) is 10.6 Å². The molecule has 9 nitrogen and oxygen atoms in total. The summed E-state index contributed by atoms with van der Waals surface area (Å²) in [4.78, 5) is 12.7. The molecule has 40 heavy (non-hydrogen) atoms. The van der Waals surface area contributed by atoms with Crippen LogP contribution in [0.1, 0.15) is 29.8 Å². The van der Waals surface area contributed by atoms with Crippen molar-refractivity contribution in [2.24, 2.45) is 10.2 Å². The summed E-state index contributed by atoms with van der Waals surface area (Å²) in [6.45, 7) is 3.93. The van der Waals surface area contributed by atoms with Crippen LogP contribution < -0.4 is 44.7 Å². The molecule has 13 heteroatoms. The first-order chi connectivity index (χ1) is 18.5. The van der Waals surface area contributed by atoms with E-state index in [1.165, 1.54) is 18.2 Å². The Labute approximate surface area is 263 Å². The molecule has 0 aliphatic rings. The number of rotatable bonds is 8. The van der Waals surface area contributed by atoms with E-state index in [-0.39, 0.29) is 63.5 Å². The number of azo groups is 1. The summed E-state index contributed by atoms with van der Waals surface area (Å²) in [5, 5.41) is 25.5. The average Bonchev–Trinajstić information content (AvgIpc) is 2.88. The number of carbonyl (C=O) groups excluding carboxylic acids is 1. The number of anilines is 1. The summed E-state index contributed by atoms with van der Waals surface area (Å²) < 4.78 is 38.8. The molecule has 0 saturated carbocycles. The summed E-state index contributed by atoms with van der Waals surface area (Å²) >= 11 is 12.4. The number of nitrogens with one attached hydrogen (secondary N) is 1. The van der Waals surface area contributed by atoms with E-state index < -0.39 is 26.7 Å². The second-order valence-corrected chi connectivity index (χ2v) is 10.5. The molecule has 0 aliphatic heterocycles. The van der Waals surface area contributed by atoms with Crippen molar-refractivity contribution in [3.05, 3.63) is 81.8 Å². The first-order valence-corrected chi connectivity index (χ1v) is 13.9. The van der Waals surface area contributed by atoms with Crippen LogP contribution in [-0.2, 0) is 16.5 Å². The van der Waals surface area contributed by atoms with Gasteiger partial charge in [-0.15, -0.1) is 0 Å². The molecular weight excluding hydrogens is 588 g/mol. The Morgan fingerprint density at radius 3 is 2.40 bits per heavy atom. The summed E-state index contributed by atoms with van der Waals surface area (Å²) in [5.74, 6) is -0.927. The van der Waals surface area contributed by atoms with Crippen molar-refractivity contribution in [2.45, 2.75) is 25.2 Å². The minimum Gasteiger partial charge on any atom is -0.870 e. The maximum Gasteiger partial charge on any atom is 1.00 e. The zero-order valence-electron chi connectivity index (χ0n) is 21.7. The molecule has 0 bridgehead atoms. The minimum absolute atomic E-state index is 0. The molecule has 4 aromatic rings. The Morgan fingerprint density at radius 1 is 1.02 bits per heavy atom. The maximum absolute atomic E-state index is 13.4. The van der Waals surface area contributed by atoms with Gasteiger partial charge in [-0.25, -0.2) is 0 Å². The molecule has 1 amide bonds. The third-order valence-corrected chi connectivity index (χ3v) is 7.30. The number of hydrogen-bond acceptors (Lipinski definition) is 7.